The van der Waals surface area contributed by atoms with Crippen molar-refractivity contribution < 1.29 is 26.7 Å². The Morgan fingerprint density at radius 1 is 1.33 bits per heavy atom. The standard InChI is InChI=1S/C14H16F2O4S/c1-20-12(17)7-14(5-6-14)9-21(18,19)8-10-3-2-4-11(15)13(10)16/h2-4H,5-9H2,1H3. The summed E-state index contributed by atoms with van der Waals surface area (Å²) in [5.74, 6) is -3.46. The Morgan fingerprint density at radius 3 is 2.57 bits per heavy atom. The predicted octanol–water partition coefficient (Wildman–Crippen LogP) is 2.22. The molecule has 1 aliphatic carbocycles. The van der Waals surface area contributed by atoms with E-state index in [4.69, 9.17) is 0 Å². The summed E-state index contributed by atoms with van der Waals surface area (Å²) in [7, 11) is -2.39. The zero-order valence-electron chi connectivity index (χ0n) is 11.6. The number of benzene rings is 1. The van der Waals surface area contributed by atoms with Gasteiger partial charge in [0.1, 0.15) is 0 Å². The SMILES string of the molecule is COC(=O)CC1(CS(=O)(=O)Cc2cccc(F)c2F)CC1. The van der Waals surface area contributed by atoms with E-state index in [-0.39, 0.29) is 17.7 Å². The zero-order chi connectivity index (χ0) is 15.7. The van der Waals surface area contributed by atoms with Crippen molar-refractivity contribution in [3.05, 3.63) is 35.4 Å². The molecular formula is C14H16F2O4S. The van der Waals surface area contributed by atoms with E-state index in [9.17, 15) is 22.0 Å². The van der Waals surface area contributed by atoms with E-state index in [0.29, 0.717) is 12.8 Å². The average Bonchev–Trinajstić information content (AvgIpc) is 3.13. The van der Waals surface area contributed by atoms with Gasteiger partial charge in [-0.3, -0.25) is 4.79 Å². The lowest BCUT2D eigenvalue weighted by atomic mass is 10.1. The van der Waals surface area contributed by atoms with Gasteiger partial charge < -0.3 is 4.74 Å². The number of hydrogen-bond donors (Lipinski definition) is 0. The molecule has 1 fully saturated rings. The monoisotopic (exact) mass is 318 g/mol. The molecule has 1 saturated carbocycles. The molecule has 4 nitrogen and oxygen atoms in total. The molecule has 116 valence electrons. The lowest BCUT2D eigenvalue weighted by Gasteiger charge is -2.14. The summed E-state index contributed by atoms with van der Waals surface area (Å²) in [6.07, 6.45) is 1.27. The first-order valence-electron chi connectivity index (χ1n) is 6.47. The Bertz CT molecular complexity index is 651. The number of carbonyl (C=O) groups is 1. The van der Waals surface area contributed by atoms with Crippen LogP contribution in [0.1, 0.15) is 24.8 Å². The summed E-state index contributed by atoms with van der Waals surface area (Å²) in [5, 5.41) is 0. The van der Waals surface area contributed by atoms with Crippen molar-refractivity contribution in [2.24, 2.45) is 5.41 Å². The van der Waals surface area contributed by atoms with Crippen molar-refractivity contribution in [1.29, 1.82) is 0 Å². The van der Waals surface area contributed by atoms with Gasteiger partial charge in [-0.1, -0.05) is 12.1 Å². The summed E-state index contributed by atoms with van der Waals surface area (Å²) in [4.78, 5) is 11.3. The van der Waals surface area contributed by atoms with Crippen LogP contribution in [0, 0.1) is 17.0 Å². The van der Waals surface area contributed by atoms with Gasteiger partial charge in [0, 0.05) is 5.56 Å². The van der Waals surface area contributed by atoms with Crippen LogP contribution in [0.4, 0.5) is 8.78 Å². The zero-order valence-corrected chi connectivity index (χ0v) is 12.4. The first-order chi connectivity index (χ1) is 9.77. The number of ether oxygens (including phenoxy) is 1. The topological polar surface area (TPSA) is 60.4 Å². The lowest BCUT2D eigenvalue weighted by Crippen LogP contribution is -2.22. The van der Waals surface area contributed by atoms with Gasteiger partial charge in [-0.25, -0.2) is 17.2 Å². The number of halogens is 2. The van der Waals surface area contributed by atoms with Crippen LogP contribution in [-0.2, 0) is 25.1 Å². The first-order valence-corrected chi connectivity index (χ1v) is 8.29. The van der Waals surface area contributed by atoms with Crippen molar-refractivity contribution >= 4 is 15.8 Å². The molecule has 1 aromatic rings. The van der Waals surface area contributed by atoms with E-state index in [0.717, 1.165) is 6.07 Å². The van der Waals surface area contributed by atoms with Crippen LogP contribution in [0.15, 0.2) is 18.2 Å². The fourth-order valence-corrected chi connectivity index (χ4v) is 4.46. The quantitative estimate of drug-likeness (QED) is 0.755. The van der Waals surface area contributed by atoms with E-state index in [1.165, 1.54) is 19.2 Å². The summed E-state index contributed by atoms with van der Waals surface area (Å²) in [6, 6.07) is 3.45. The van der Waals surface area contributed by atoms with Crippen molar-refractivity contribution in [2.45, 2.75) is 25.0 Å². The van der Waals surface area contributed by atoms with E-state index in [1.54, 1.807) is 0 Å². The number of methoxy groups -OCH3 is 1. The van der Waals surface area contributed by atoms with E-state index < -0.39 is 38.6 Å². The Balaban J connectivity index is 2.09. The van der Waals surface area contributed by atoms with Gasteiger partial charge >= 0.3 is 5.97 Å². The molecule has 0 aliphatic heterocycles. The molecule has 2 rings (SSSR count). The normalized spacial score (nSPS) is 16.5. The van der Waals surface area contributed by atoms with Crippen molar-refractivity contribution in [2.75, 3.05) is 12.9 Å². The average molecular weight is 318 g/mol. The smallest absolute Gasteiger partial charge is 0.306 e. The number of esters is 1. The van der Waals surface area contributed by atoms with Crippen LogP contribution in [0.25, 0.3) is 0 Å². The number of carbonyl (C=O) groups excluding carboxylic acids is 1. The van der Waals surface area contributed by atoms with E-state index in [1.807, 2.05) is 0 Å². The second-order valence-electron chi connectivity index (χ2n) is 5.50. The highest BCUT2D eigenvalue weighted by Gasteiger charge is 2.47. The molecule has 0 heterocycles. The van der Waals surface area contributed by atoms with Crippen molar-refractivity contribution in [3.8, 4) is 0 Å². The van der Waals surface area contributed by atoms with Crippen LogP contribution >= 0.6 is 0 Å². The maximum atomic E-state index is 13.5. The summed E-state index contributed by atoms with van der Waals surface area (Å²) in [6.45, 7) is 0. The largest absolute Gasteiger partial charge is 0.469 e. The molecule has 1 aliphatic rings. The summed E-state index contributed by atoms with van der Waals surface area (Å²) >= 11 is 0. The molecule has 21 heavy (non-hydrogen) atoms. The van der Waals surface area contributed by atoms with Crippen LogP contribution in [0.2, 0.25) is 0 Å². The fraction of sp³-hybridized carbons (Fsp3) is 0.500. The highest BCUT2D eigenvalue weighted by Crippen LogP contribution is 2.50. The number of hydrogen-bond acceptors (Lipinski definition) is 4. The minimum absolute atomic E-state index is 0.0361. The van der Waals surface area contributed by atoms with Gasteiger partial charge in [0.05, 0.1) is 25.0 Å². The summed E-state index contributed by atoms with van der Waals surface area (Å²) in [5.41, 5.74) is -0.792. The molecule has 0 radical (unpaired) electrons. The molecular weight excluding hydrogens is 302 g/mol. The van der Waals surface area contributed by atoms with Crippen LogP contribution in [0.5, 0.6) is 0 Å². The molecule has 1 aromatic carbocycles. The van der Waals surface area contributed by atoms with E-state index >= 15 is 0 Å². The molecule has 0 N–H and O–H groups in total. The van der Waals surface area contributed by atoms with Crippen LogP contribution in [0.3, 0.4) is 0 Å². The number of rotatable bonds is 6. The Labute approximate surface area is 122 Å². The van der Waals surface area contributed by atoms with Gasteiger partial charge in [-0.2, -0.15) is 0 Å². The Morgan fingerprint density at radius 2 is 2.00 bits per heavy atom. The van der Waals surface area contributed by atoms with Crippen LogP contribution < -0.4 is 0 Å². The van der Waals surface area contributed by atoms with Crippen molar-refractivity contribution in [1.82, 2.24) is 0 Å². The van der Waals surface area contributed by atoms with Crippen LogP contribution in [-0.4, -0.2) is 27.2 Å². The summed E-state index contributed by atoms with van der Waals surface area (Å²) < 4.78 is 55.5. The molecule has 0 unspecified atom stereocenters. The molecule has 0 atom stereocenters. The second-order valence-corrected chi connectivity index (χ2v) is 7.56. The molecule has 7 heteroatoms. The first kappa shape index (κ1) is 15.9. The van der Waals surface area contributed by atoms with Gasteiger partial charge in [-0.15, -0.1) is 0 Å². The van der Waals surface area contributed by atoms with Gasteiger partial charge in [0.2, 0.25) is 0 Å². The minimum Gasteiger partial charge on any atom is -0.469 e. The predicted molar refractivity (Wildman–Crippen MR) is 72.1 cm³/mol. The molecule has 0 saturated heterocycles. The molecule has 0 amide bonds. The van der Waals surface area contributed by atoms with Gasteiger partial charge in [0.15, 0.2) is 21.5 Å². The van der Waals surface area contributed by atoms with E-state index in [2.05, 4.69) is 4.74 Å². The molecule has 0 bridgehead atoms. The maximum Gasteiger partial charge on any atom is 0.306 e. The Kier molecular flexibility index (Phi) is 4.32. The highest BCUT2D eigenvalue weighted by molar-refractivity contribution is 7.90. The second kappa shape index (κ2) is 5.71. The fourth-order valence-electron chi connectivity index (χ4n) is 2.34. The van der Waals surface area contributed by atoms with Gasteiger partial charge in [0.25, 0.3) is 0 Å². The Hall–Kier alpha value is -1.50. The highest BCUT2D eigenvalue weighted by atomic mass is 32.2. The third-order valence-corrected chi connectivity index (χ3v) is 5.44. The molecule has 0 spiro atoms. The van der Waals surface area contributed by atoms with Crippen molar-refractivity contribution in [3.63, 3.8) is 0 Å². The lowest BCUT2D eigenvalue weighted by molar-refractivity contribution is -0.141. The third-order valence-electron chi connectivity index (χ3n) is 3.64. The van der Waals surface area contributed by atoms with Gasteiger partial charge in [-0.05, 0) is 24.3 Å². The number of sulfone groups is 1. The molecule has 0 aromatic heterocycles. The third kappa shape index (κ3) is 4.00. The minimum atomic E-state index is -3.64. The maximum absolute atomic E-state index is 13.5.